The average molecular weight is 178 g/mol. The van der Waals surface area contributed by atoms with Crippen LogP contribution in [-0.4, -0.2) is 17.6 Å². The fourth-order valence-electron chi connectivity index (χ4n) is 1.86. The predicted molar refractivity (Wildman–Crippen MR) is 43.2 cm³/mol. The van der Waals surface area contributed by atoms with Gasteiger partial charge < -0.3 is 5.11 Å². The fraction of sp³-hybridized carbons (Fsp3) is 1.00. The summed E-state index contributed by atoms with van der Waals surface area (Å²) in [6, 6.07) is 0. The molecule has 1 unspecified atom stereocenters. The lowest BCUT2D eigenvalue weighted by Crippen LogP contribution is -2.21. The van der Waals surface area contributed by atoms with Crippen LogP contribution in [0.4, 0.5) is 8.78 Å². The number of aliphatic hydroxyl groups is 1. The first kappa shape index (κ1) is 9.90. The summed E-state index contributed by atoms with van der Waals surface area (Å²) in [7, 11) is 0. The zero-order valence-electron chi connectivity index (χ0n) is 7.23. The molecule has 0 aliphatic heterocycles. The van der Waals surface area contributed by atoms with Crippen LogP contribution < -0.4 is 0 Å². The van der Waals surface area contributed by atoms with Crippen molar-refractivity contribution in [1.29, 1.82) is 0 Å². The van der Waals surface area contributed by atoms with E-state index in [0.717, 1.165) is 6.42 Å². The van der Waals surface area contributed by atoms with Gasteiger partial charge in [0.05, 0.1) is 0 Å². The minimum atomic E-state index is -2.42. The van der Waals surface area contributed by atoms with E-state index in [0.29, 0.717) is 25.7 Å². The van der Waals surface area contributed by atoms with E-state index in [1.165, 1.54) is 0 Å². The molecule has 1 aliphatic rings. The number of aliphatic hydroxyl groups excluding tert-OH is 1. The Hall–Kier alpha value is -0.180. The normalized spacial score (nSPS) is 27.8. The van der Waals surface area contributed by atoms with Gasteiger partial charge in [-0.15, -0.1) is 0 Å². The molecule has 72 valence electrons. The zero-order valence-corrected chi connectivity index (χ0v) is 7.23. The van der Waals surface area contributed by atoms with Crippen molar-refractivity contribution in [2.45, 2.75) is 44.4 Å². The lowest BCUT2D eigenvalue weighted by atomic mass is 9.98. The van der Waals surface area contributed by atoms with Crippen LogP contribution in [0.3, 0.4) is 0 Å². The summed E-state index contributed by atoms with van der Waals surface area (Å²) in [4.78, 5) is 0. The van der Waals surface area contributed by atoms with Crippen LogP contribution in [0.1, 0.15) is 38.5 Å². The third kappa shape index (κ3) is 2.41. The number of hydrogen-bond donors (Lipinski definition) is 1. The lowest BCUT2D eigenvalue weighted by molar-refractivity contribution is -0.0403. The van der Waals surface area contributed by atoms with Crippen LogP contribution in [-0.2, 0) is 0 Å². The first-order chi connectivity index (χ1) is 5.67. The second-order valence-electron chi connectivity index (χ2n) is 3.57. The van der Waals surface area contributed by atoms with Gasteiger partial charge in [0.1, 0.15) is 0 Å². The molecule has 0 aromatic heterocycles. The molecule has 0 radical (unpaired) electrons. The van der Waals surface area contributed by atoms with Crippen molar-refractivity contribution in [2.75, 3.05) is 6.61 Å². The van der Waals surface area contributed by atoms with Crippen LogP contribution >= 0.6 is 0 Å². The summed E-state index contributed by atoms with van der Waals surface area (Å²) >= 11 is 0. The van der Waals surface area contributed by atoms with Crippen LogP contribution in [0.5, 0.6) is 0 Å². The molecule has 1 nitrogen and oxygen atoms in total. The van der Waals surface area contributed by atoms with Crippen LogP contribution in [0.15, 0.2) is 0 Å². The Balaban J connectivity index is 2.22. The summed E-state index contributed by atoms with van der Waals surface area (Å²) in [5.41, 5.74) is 0. The first-order valence-corrected chi connectivity index (χ1v) is 4.65. The molecule has 1 fully saturated rings. The van der Waals surface area contributed by atoms with Gasteiger partial charge in [0.2, 0.25) is 0 Å². The van der Waals surface area contributed by atoms with Crippen molar-refractivity contribution < 1.29 is 13.9 Å². The van der Waals surface area contributed by atoms with E-state index in [1.807, 2.05) is 0 Å². The summed E-state index contributed by atoms with van der Waals surface area (Å²) in [6.07, 6.45) is 3.36. The van der Waals surface area contributed by atoms with Gasteiger partial charge in [0.15, 0.2) is 0 Å². The zero-order chi connectivity index (χ0) is 9.03. The highest BCUT2D eigenvalue weighted by molar-refractivity contribution is 4.83. The number of rotatable bonds is 4. The molecule has 0 aromatic carbocycles. The molecule has 1 atom stereocenters. The first-order valence-electron chi connectivity index (χ1n) is 4.65. The maximum absolute atomic E-state index is 13.0. The van der Waals surface area contributed by atoms with E-state index in [1.54, 1.807) is 0 Å². The number of unbranched alkanes of at least 4 members (excludes halogenated alkanes) is 1. The SMILES string of the molecule is OCCCCC1CCCC1(F)F. The molecule has 1 rings (SSSR count). The highest BCUT2D eigenvalue weighted by Crippen LogP contribution is 2.42. The third-order valence-corrected chi connectivity index (χ3v) is 2.62. The largest absolute Gasteiger partial charge is 0.396 e. The molecule has 3 heteroatoms. The Kier molecular flexibility index (Phi) is 3.44. The topological polar surface area (TPSA) is 20.2 Å². The van der Waals surface area contributed by atoms with Gasteiger partial charge in [-0.2, -0.15) is 0 Å². The van der Waals surface area contributed by atoms with Gasteiger partial charge in [0.25, 0.3) is 5.92 Å². The third-order valence-electron chi connectivity index (χ3n) is 2.62. The highest BCUT2D eigenvalue weighted by atomic mass is 19.3. The molecular weight excluding hydrogens is 162 g/mol. The summed E-state index contributed by atoms with van der Waals surface area (Å²) in [5, 5.41) is 8.48. The predicted octanol–water partition coefficient (Wildman–Crippen LogP) is 2.58. The monoisotopic (exact) mass is 178 g/mol. The quantitative estimate of drug-likeness (QED) is 0.656. The minimum Gasteiger partial charge on any atom is -0.396 e. The molecular formula is C9H16F2O. The Morgan fingerprint density at radius 2 is 2.08 bits per heavy atom. The van der Waals surface area contributed by atoms with E-state index in [4.69, 9.17) is 5.11 Å². The fourth-order valence-corrected chi connectivity index (χ4v) is 1.86. The van der Waals surface area contributed by atoms with Gasteiger partial charge in [0, 0.05) is 18.9 Å². The van der Waals surface area contributed by atoms with Crippen molar-refractivity contribution in [3.8, 4) is 0 Å². The molecule has 0 saturated heterocycles. The number of alkyl halides is 2. The van der Waals surface area contributed by atoms with Gasteiger partial charge in [-0.25, -0.2) is 8.78 Å². The summed E-state index contributed by atoms with van der Waals surface area (Å²) < 4.78 is 25.9. The Labute approximate surface area is 71.8 Å². The minimum absolute atomic E-state index is 0.0663. The van der Waals surface area contributed by atoms with E-state index in [9.17, 15) is 8.78 Å². The molecule has 1 N–H and O–H groups in total. The van der Waals surface area contributed by atoms with Crippen molar-refractivity contribution >= 4 is 0 Å². The molecule has 0 bridgehead atoms. The Bertz CT molecular complexity index is 136. The Morgan fingerprint density at radius 3 is 2.58 bits per heavy atom. The highest BCUT2D eigenvalue weighted by Gasteiger charge is 2.42. The van der Waals surface area contributed by atoms with E-state index < -0.39 is 11.8 Å². The van der Waals surface area contributed by atoms with Crippen molar-refractivity contribution in [2.24, 2.45) is 5.92 Å². The summed E-state index contributed by atoms with van der Waals surface area (Å²) in [6.45, 7) is 0.123. The van der Waals surface area contributed by atoms with Crippen LogP contribution in [0, 0.1) is 5.92 Å². The Morgan fingerprint density at radius 1 is 1.33 bits per heavy atom. The van der Waals surface area contributed by atoms with Gasteiger partial charge >= 0.3 is 0 Å². The maximum Gasteiger partial charge on any atom is 0.250 e. The van der Waals surface area contributed by atoms with Gasteiger partial charge in [-0.3, -0.25) is 0 Å². The van der Waals surface area contributed by atoms with Crippen molar-refractivity contribution in [1.82, 2.24) is 0 Å². The molecule has 1 saturated carbocycles. The molecule has 0 amide bonds. The van der Waals surface area contributed by atoms with Gasteiger partial charge in [-0.05, 0) is 25.7 Å². The lowest BCUT2D eigenvalue weighted by Gasteiger charge is -2.18. The smallest absolute Gasteiger partial charge is 0.250 e. The van der Waals surface area contributed by atoms with Crippen molar-refractivity contribution in [3.05, 3.63) is 0 Å². The molecule has 0 spiro atoms. The van der Waals surface area contributed by atoms with Gasteiger partial charge in [-0.1, -0.05) is 6.42 Å². The molecule has 0 aromatic rings. The second-order valence-corrected chi connectivity index (χ2v) is 3.57. The standard InChI is InChI=1S/C9H16F2O/c10-9(11)6-3-5-8(9)4-1-2-7-12/h8,12H,1-7H2. The van der Waals surface area contributed by atoms with E-state index in [-0.39, 0.29) is 13.0 Å². The maximum atomic E-state index is 13.0. The average Bonchev–Trinajstić information content (AvgIpc) is 2.32. The van der Waals surface area contributed by atoms with E-state index in [2.05, 4.69) is 0 Å². The molecule has 12 heavy (non-hydrogen) atoms. The van der Waals surface area contributed by atoms with Crippen molar-refractivity contribution in [3.63, 3.8) is 0 Å². The number of halogens is 2. The number of hydrogen-bond acceptors (Lipinski definition) is 1. The summed E-state index contributed by atoms with van der Waals surface area (Å²) in [5.74, 6) is -2.83. The van der Waals surface area contributed by atoms with Crippen LogP contribution in [0.2, 0.25) is 0 Å². The molecule has 0 heterocycles. The van der Waals surface area contributed by atoms with E-state index >= 15 is 0 Å². The van der Waals surface area contributed by atoms with Crippen LogP contribution in [0.25, 0.3) is 0 Å². The molecule has 1 aliphatic carbocycles. The second kappa shape index (κ2) is 4.17.